The standard InChI is InChI=1S/C12H22Cl3NO2Si/c1-7-9(16-10(17)12(13,14)15)8-18-19(5,6)11(2,3)4/h7,9H,1,8H2,2-6H3,(H,16,17)/t9-/m1/s1. The van der Waals surface area contributed by atoms with Crippen molar-refractivity contribution >= 4 is 49.0 Å². The maximum absolute atomic E-state index is 11.6. The Kier molecular flexibility index (Phi) is 6.90. The normalized spacial score (nSPS) is 14.9. The maximum Gasteiger partial charge on any atom is 0.272 e. The summed E-state index contributed by atoms with van der Waals surface area (Å²) >= 11 is 16.5. The molecule has 0 aliphatic heterocycles. The highest BCUT2D eigenvalue weighted by molar-refractivity contribution is 6.76. The van der Waals surface area contributed by atoms with Gasteiger partial charge in [0, 0.05) is 0 Å². The minimum Gasteiger partial charge on any atom is -0.414 e. The zero-order chi connectivity index (χ0) is 15.5. The van der Waals surface area contributed by atoms with E-state index in [1.165, 1.54) is 0 Å². The molecule has 0 spiro atoms. The molecule has 0 bridgehead atoms. The number of nitrogens with one attached hydrogen (secondary N) is 1. The van der Waals surface area contributed by atoms with E-state index in [-0.39, 0.29) is 11.1 Å². The number of carbonyl (C=O) groups excluding carboxylic acids is 1. The van der Waals surface area contributed by atoms with Gasteiger partial charge < -0.3 is 9.74 Å². The molecule has 1 N–H and O–H groups in total. The molecule has 0 saturated carbocycles. The van der Waals surface area contributed by atoms with Gasteiger partial charge in [-0.1, -0.05) is 61.7 Å². The maximum atomic E-state index is 11.6. The Morgan fingerprint density at radius 2 is 1.84 bits per heavy atom. The molecule has 3 nitrogen and oxygen atoms in total. The molecule has 1 amide bonds. The Morgan fingerprint density at radius 1 is 1.37 bits per heavy atom. The molecule has 0 saturated heterocycles. The average Bonchev–Trinajstić information content (AvgIpc) is 2.20. The quantitative estimate of drug-likeness (QED) is 0.463. The molecule has 0 radical (unpaired) electrons. The average molecular weight is 347 g/mol. The Balaban J connectivity index is 4.53. The van der Waals surface area contributed by atoms with Crippen LogP contribution >= 0.6 is 34.8 Å². The van der Waals surface area contributed by atoms with Crippen LogP contribution in [0.4, 0.5) is 0 Å². The Bertz CT molecular complexity index is 335. The predicted molar refractivity (Wildman–Crippen MR) is 85.6 cm³/mol. The Morgan fingerprint density at radius 3 is 2.16 bits per heavy atom. The highest BCUT2D eigenvalue weighted by Gasteiger charge is 2.38. The molecule has 0 aromatic heterocycles. The number of rotatable bonds is 5. The van der Waals surface area contributed by atoms with Gasteiger partial charge in [-0.15, -0.1) is 6.58 Å². The topological polar surface area (TPSA) is 38.3 Å². The second kappa shape index (κ2) is 6.81. The molecule has 0 aromatic carbocycles. The van der Waals surface area contributed by atoms with Crippen LogP contribution in [0.1, 0.15) is 20.8 Å². The summed E-state index contributed by atoms with van der Waals surface area (Å²) in [5, 5.41) is 2.67. The highest BCUT2D eigenvalue weighted by atomic mass is 35.6. The summed E-state index contributed by atoms with van der Waals surface area (Å²) in [6.07, 6.45) is 1.57. The SMILES string of the molecule is C=C[C@H](CO[Si](C)(C)C(C)(C)C)NC(=O)C(Cl)(Cl)Cl. The molecule has 0 unspecified atom stereocenters. The lowest BCUT2D eigenvalue weighted by molar-refractivity contribution is -0.120. The predicted octanol–water partition coefficient (Wildman–Crippen LogP) is 4.05. The lowest BCUT2D eigenvalue weighted by atomic mass is 10.2. The molecule has 0 aromatic rings. The Labute approximate surface area is 131 Å². The van der Waals surface area contributed by atoms with Crippen molar-refractivity contribution in [1.82, 2.24) is 5.32 Å². The summed E-state index contributed by atoms with van der Waals surface area (Å²) in [7, 11) is -1.88. The number of hydrogen-bond donors (Lipinski definition) is 1. The summed E-state index contributed by atoms with van der Waals surface area (Å²) < 4.78 is 4.01. The fourth-order valence-electron chi connectivity index (χ4n) is 0.933. The van der Waals surface area contributed by atoms with Gasteiger partial charge in [-0.05, 0) is 18.1 Å². The first-order chi connectivity index (χ1) is 8.31. The number of halogens is 3. The molecule has 112 valence electrons. The minimum absolute atomic E-state index is 0.0952. The van der Waals surface area contributed by atoms with Crippen LogP contribution in [-0.2, 0) is 9.22 Å². The van der Waals surface area contributed by atoms with E-state index in [2.05, 4.69) is 45.8 Å². The minimum atomic E-state index is -1.97. The third-order valence-electron chi connectivity index (χ3n) is 3.29. The van der Waals surface area contributed by atoms with E-state index in [0.29, 0.717) is 6.61 Å². The van der Waals surface area contributed by atoms with Crippen LogP contribution in [0.2, 0.25) is 18.1 Å². The van der Waals surface area contributed by atoms with E-state index in [9.17, 15) is 4.79 Å². The number of amides is 1. The van der Waals surface area contributed by atoms with Crippen molar-refractivity contribution in [3.63, 3.8) is 0 Å². The van der Waals surface area contributed by atoms with Crippen molar-refractivity contribution < 1.29 is 9.22 Å². The van der Waals surface area contributed by atoms with E-state index in [0.717, 1.165) is 0 Å². The van der Waals surface area contributed by atoms with Crippen LogP contribution in [-0.4, -0.2) is 30.7 Å². The Hall–Kier alpha value is 0.257. The monoisotopic (exact) mass is 345 g/mol. The van der Waals surface area contributed by atoms with Crippen molar-refractivity contribution in [1.29, 1.82) is 0 Å². The van der Waals surface area contributed by atoms with Crippen molar-refractivity contribution in [2.45, 2.75) is 48.7 Å². The van der Waals surface area contributed by atoms with Gasteiger partial charge in [0.25, 0.3) is 9.70 Å². The number of alkyl halides is 3. The molecular formula is C12H22Cl3NO2Si. The van der Waals surface area contributed by atoms with Gasteiger partial charge >= 0.3 is 0 Å². The zero-order valence-corrected chi connectivity index (χ0v) is 15.3. The summed E-state index contributed by atoms with van der Waals surface area (Å²) in [4.78, 5) is 11.6. The van der Waals surface area contributed by atoms with Crippen LogP contribution in [0.5, 0.6) is 0 Å². The van der Waals surface area contributed by atoms with Gasteiger partial charge in [-0.3, -0.25) is 4.79 Å². The van der Waals surface area contributed by atoms with E-state index < -0.39 is 18.0 Å². The van der Waals surface area contributed by atoms with Crippen molar-refractivity contribution in [3.8, 4) is 0 Å². The fraction of sp³-hybridized carbons (Fsp3) is 0.750. The third-order valence-corrected chi connectivity index (χ3v) is 8.30. The molecule has 0 heterocycles. The fourth-order valence-corrected chi connectivity index (χ4v) is 2.13. The first-order valence-corrected chi connectivity index (χ1v) is 9.99. The smallest absolute Gasteiger partial charge is 0.272 e. The summed E-state index contributed by atoms with van der Waals surface area (Å²) in [5.41, 5.74) is 0. The zero-order valence-electron chi connectivity index (χ0n) is 12.0. The number of hydrogen-bond acceptors (Lipinski definition) is 2. The van der Waals surface area contributed by atoms with Crippen LogP contribution in [0.25, 0.3) is 0 Å². The van der Waals surface area contributed by atoms with Crippen molar-refractivity contribution in [2.75, 3.05) is 6.61 Å². The molecule has 19 heavy (non-hydrogen) atoms. The van der Waals surface area contributed by atoms with Crippen LogP contribution < -0.4 is 5.32 Å². The van der Waals surface area contributed by atoms with E-state index in [4.69, 9.17) is 39.2 Å². The first kappa shape index (κ1) is 19.3. The molecular weight excluding hydrogens is 325 g/mol. The lowest BCUT2D eigenvalue weighted by Crippen LogP contribution is -2.47. The van der Waals surface area contributed by atoms with Gasteiger partial charge in [-0.2, -0.15) is 0 Å². The van der Waals surface area contributed by atoms with Gasteiger partial charge in [0.1, 0.15) is 0 Å². The highest BCUT2D eigenvalue weighted by Crippen LogP contribution is 2.36. The lowest BCUT2D eigenvalue weighted by Gasteiger charge is -2.37. The second-order valence-electron chi connectivity index (χ2n) is 5.88. The molecule has 0 fully saturated rings. The molecule has 1 atom stereocenters. The second-order valence-corrected chi connectivity index (χ2v) is 13.0. The van der Waals surface area contributed by atoms with Gasteiger partial charge in [0.05, 0.1) is 12.6 Å². The number of carbonyl (C=O) groups is 1. The molecule has 0 aliphatic rings. The van der Waals surface area contributed by atoms with Crippen molar-refractivity contribution in [3.05, 3.63) is 12.7 Å². The van der Waals surface area contributed by atoms with E-state index in [1.807, 2.05) is 0 Å². The first-order valence-electron chi connectivity index (χ1n) is 5.95. The molecule has 0 aliphatic carbocycles. The van der Waals surface area contributed by atoms with Gasteiger partial charge in [0.2, 0.25) is 0 Å². The van der Waals surface area contributed by atoms with Gasteiger partial charge in [0.15, 0.2) is 8.32 Å². The molecule has 7 heteroatoms. The van der Waals surface area contributed by atoms with Crippen LogP contribution in [0, 0.1) is 0 Å². The molecule has 0 rings (SSSR count). The third kappa shape index (κ3) is 6.49. The van der Waals surface area contributed by atoms with E-state index in [1.54, 1.807) is 6.08 Å². The summed E-state index contributed by atoms with van der Waals surface area (Å²) in [5.74, 6) is -0.679. The summed E-state index contributed by atoms with van der Waals surface area (Å²) in [6, 6.07) is -0.378. The van der Waals surface area contributed by atoms with Crippen LogP contribution in [0.3, 0.4) is 0 Å². The van der Waals surface area contributed by atoms with Crippen molar-refractivity contribution in [2.24, 2.45) is 0 Å². The van der Waals surface area contributed by atoms with Gasteiger partial charge in [-0.25, -0.2) is 0 Å². The summed E-state index contributed by atoms with van der Waals surface area (Å²) in [6.45, 7) is 14.7. The van der Waals surface area contributed by atoms with E-state index >= 15 is 0 Å². The largest absolute Gasteiger partial charge is 0.414 e. The van der Waals surface area contributed by atoms with Crippen LogP contribution in [0.15, 0.2) is 12.7 Å².